The van der Waals surface area contributed by atoms with Gasteiger partial charge in [-0.1, -0.05) is 19.9 Å². The summed E-state index contributed by atoms with van der Waals surface area (Å²) in [7, 11) is 0. The van der Waals surface area contributed by atoms with Crippen LogP contribution in [-0.2, 0) is 16.1 Å². The average Bonchev–Trinajstić information content (AvgIpc) is 3.12. The number of benzene rings is 1. The fraction of sp³-hybridized carbons (Fsp3) is 0.360. The highest BCUT2D eigenvalue weighted by Crippen LogP contribution is 2.37. The molecule has 1 fully saturated rings. The zero-order chi connectivity index (χ0) is 22.0. The molecule has 2 unspecified atom stereocenters. The van der Waals surface area contributed by atoms with Gasteiger partial charge in [-0.3, -0.25) is 9.78 Å². The summed E-state index contributed by atoms with van der Waals surface area (Å²) >= 11 is 0. The average molecular weight is 423 g/mol. The van der Waals surface area contributed by atoms with Crippen LogP contribution in [0.3, 0.4) is 0 Å². The standard InChI is InChI=1S/C25H27FN2O3/c1-16(2)25-22(18-4-3-10-27-15-18)14-23(17-5-7-19(26)8-6-17)28(25)11-9-21-12-20(29)13-24(30)31-21/h3-8,10,14-16,20-21,29H,9,11-13H2,1-2H3. The van der Waals surface area contributed by atoms with Gasteiger partial charge in [0.05, 0.1) is 12.5 Å². The Morgan fingerprint density at radius 1 is 1.23 bits per heavy atom. The number of hydrogen-bond donors (Lipinski definition) is 1. The van der Waals surface area contributed by atoms with Gasteiger partial charge >= 0.3 is 5.97 Å². The number of carbonyl (C=O) groups excluding carboxylic acids is 1. The molecule has 0 aliphatic carbocycles. The summed E-state index contributed by atoms with van der Waals surface area (Å²) in [6.07, 6.45) is 3.73. The molecule has 5 nitrogen and oxygen atoms in total. The minimum absolute atomic E-state index is 0.0588. The van der Waals surface area contributed by atoms with E-state index in [-0.39, 0.29) is 30.2 Å². The largest absolute Gasteiger partial charge is 0.462 e. The van der Waals surface area contributed by atoms with Crippen LogP contribution in [0.15, 0.2) is 54.9 Å². The lowest BCUT2D eigenvalue weighted by molar-refractivity contribution is -0.160. The maximum Gasteiger partial charge on any atom is 0.308 e. The summed E-state index contributed by atoms with van der Waals surface area (Å²) in [5.74, 6) is -0.402. The van der Waals surface area contributed by atoms with E-state index in [1.807, 2.05) is 18.3 Å². The quantitative estimate of drug-likeness (QED) is 0.572. The maximum atomic E-state index is 13.6. The lowest BCUT2D eigenvalue weighted by atomic mass is 10.00. The summed E-state index contributed by atoms with van der Waals surface area (Å²) < 4.78 is 21.2. The number of nitrogens with zero attached hydrogens (tertiary/aromatic N) is 2. The van der Waals surface area contributed by atoms with Crippen LogP contribution >= 0.6 is 0 Å². The van der Waals surface area contributed by atoms with Crippen molar-refractivity contribution in [3.05, 3.63) is 66.4 Å². The number of pyridine rings is 1. The minimum Gasteiger partial charge on any atom is -0.462 e. The molecule has 4 rings (SSSR count). The zero-order valence-corrected chi connectivity index (χ0v) is 17.8. The van der Waals surface area contributed by atoms with Crippen molar-refractivity contribution in [2.45, 2.75) is 57.8 Å². The molecule has 0 saturated carbocycles. The van der Waals surface area contributed by atoms with Crippen molar-refractivity contribution >= 4 is 5.97 Å². The van der Waals surface area contributed by atoms with Crippen molar-refractivity contribution in [1.82, 2.24) is 9.55 Å². The van der Waals surface area contributed by atoms with Crippen molar-refractivity contribution in [2.24, 2.45) is 0 Å². The van der Waals surface area contributed by atoms with Gasteiger partial charge in [0.1, 0.15) is 11.9 Å². The highest BCUT2D eigenvalue weighted by Gasteiger charge is 2.28. The minimum atomic E-state index is -0.650. The second-order valence-corrected chi connectivity index (χ2v) is 8.38. The van der Waals surface area contributed by atoms with Crippen molar-refractivity contribution in [2.75, 3.05) is 0 Å². The van der Waals surface area contributed by atoms with E-state index in [0.29, 0.717) is 19.4 Å². The third-order valence-electron chi connectivity index (χ3n) is 5.71. The molecule has 0 radical (unpaired) electrons. The van der Waals surface area contributed by atoms with Crippen LogP contribution in [0.5, 0.6) is 0 Å². The number of hydrogen-bond acceptors (Lipinski definition) is 4. The highest BCUT2D eigenvalue weighted by molar-refractivity contribution is 5.75. The molecule has 3 heterocycles. The molecule has 0 spiro atoms. The van der Waals surface area contributed by atoms with Gasteiger partial charge in [-0.15, -0.1) is 0 Å². The summed E-state index contributed by atoms with van der Waals surface area (Å²) in [5.41, 5.74) is 5.15. The van der Waals surface area contributed by atoms with Crippen LogP contribution < -0.4 is 0 Å². The Morgan fingerprint density at radius 3 is 2.65 bits per heavy atom. The molecule has 3 aromatic rings. The lowest BCUT2D eigenvalue weighted by Crippen LogP contribution is -2.33. The van der Waals surface area contributed by atoms with Gasteiger partial charge < -0.3 is 14.4 Å². The fourth-order valence-electron chi connectivity index (χ4n) is 4.35. The molecule has 2 aromatic heterocycles. The van der Waals surface area contributed by atoms with E-state index in [4.69, 9.17) is 4.74 Å². The Hall–Kier alpha value is -2.99. The molecule has 1 aliphatic rings. The molecule has 1 aromatic carbocycles. The molecule has 162 valence electrons. The summed E-state index contributed by atoms with van der Waals surface area (Å²) in [6, 6.07) is 12.6. The topological polar surface area (TPSA) is 64.3 Å². The van der Waals surface area contributed by atoms with Crippen molar-refractivity contribution in [3.8, 4) is 22.4 Å². The molecule has 0 amide bonds. The zero-order valence-electron chi connectivity index (χ0n) is 17.8. The number of aliphatic hydroxyl groups excluding tert-OH is 1. The molecule has 31 heavy (non-hydrogen) atoms. The van der Waals surface area contributed by atoms with Gasteiger partial charge in [0.15, 0.2) is 0 Å². The second kappa shape index (κ2) is 9.02. The van der Waals surface area contributed by atoms with E-state index in [0.717, 1.165) is 28.1 Å². The number of aliphatic hydroxyl groups is 1. The molecule has 0 bridgehead atoms. The number of cyclic esters (lactones) is 1. The summed E-state index contributed by atoms with van der Waals surface area (Å²) in [6.45, 7) is 4.90. The molecular formula is C25H27FN2O3. The van der Waals surface area contributed by atoms with Gasteiger partial charge in [-0.25, -0.2) is 4.39 Å². The number of halogens is 1. The number of carbonyl (C=O) groups is 1. The van der Waals surface area contributed by atoms with Crippen molar-refractivity contribution in [3.63, 3.8) is 0 Å². The van der Waals surface area contributed by atoms with Crippen LogP contribution in [0, 0.1) is 5.82 Å². The van der Waals surface area contributed by atoms with E-state index >= 15 is 0 Å². The smallest absolute Gasteiger partial charge is 0.308 e. The van der Waals surface area contributed by atoms with E-state index in [1.165, 1.54) is 12.1 Å². The monoisotopic (exact) mass is 422 g/mol. The number of esters is 1. The predicted octanol–water partition coefficient (Wildman–Crippen LogP) is 4.94. The van der Waals surface area contributed by atoms with Crippen LogP contribution in [0.25, 0.3) is 22.4 Å². The third kappa shape index (κ3) is 4.69. The normalized spacial score (nSPS) is 18.9. The fourth-order valence-corrected chi connectivity index (χ4v) is 4.35. The molecule has 1 aliphatic heterocycles. The first-order valence-electron chi connectivity index (χ1n) is 10.7. The molecule has 2 atom stereocenters. The molecule has 1 saturated heterocycles. The van der Waals surface area contributed by atoms with Gasteiger partial charge in [0, 0.05) is 54.3 Å². The van der Waals surface area contributed by atoms with E-state index in [2.05, 4.69) is 29.5 Å². The first kappa shape index (κ1) is 21.2. The van der Waals surface area contributed by atoms with Crippen LogP contribution in [0.2, 0.25) is 0 Å². The Kier molecular flexibility index (Phi) is 6.18. The van der Waals surface area contributed by atoms with E-state index in [9.17, 15) is 14.3 Å². The first-order chi connectivity index (χ1) is 14.9. The molecule has 1 N–H and O–H groups in total. The highest BCUT2D eigenvalue weighted by atomic mass is 19.1. The Labute approximate surface area is 181 Å². The molecular weight excluding hydrogens is 395 g/mol. The third-order valence-corrected chi connectivity index (χ3v) is 5.71. The first-order valence-corrected chi connectivity index (χ1v) is 10.7. The number of aromatic nitrogens is 2. The Balaban J connectivity index is 1.76. The lowest BCUT2D eigenvalue weighted by Gasteiger charge is -2.27. The second-order valence-electron chi connectivity index (χ2n) is 8.38. The van der Waals surface area contributed by atoms with Crippen LogP contribution in [0.4, 0.5) is 4.39 Å². The van der Waals surface area contributed by atoms with Crippen molar-refractivity contribution < 1.29 is 19.0 Å². The Morgan fingerprint density at radius 2 is 2.00 bits per heavy atom. The summed E-state index contributed by atoms with van der Waals surface area (Å²) in [5, 5.41) is 9.95. The molecule has 6 heteroatoms. The van der Waals surface area contributed by atoms with Crippen LogP contribution in [0.1, 0.15) is 44.7 Å². The van der Waals surface area contributed by atoms with Crippen molar-refractivity contribution in [1.29, 1.82) is 0 Å². The number of rotatable bonds is 6. The number of ether oxygens (including phenoxy) is 1. The van der Waals surface area contributed by atoms with E-state index in [1.54, 1.807) is 18.3 Å². The van der Waals surface area contributed by atoms with Gasteiger partial charge in [0.25, 0.3) is 0 Å². The maximum absolute atomic E-state index is 13.6. The van der Waals surface area contributed by atoms with E-state index < -0.39 is 6.10 Å². The Bertz CT molecular complexity index is 1040. The SMILES string of the molecule is CC(C)c1c(-c2cccnc2)cc(-c2ccc(F)cc2)n1CCC1CC(O)CC(=O)O1. The van der Waals surface area contributed by atoms with Crippen LogP contribution in [-0.4, -0.2) is 32.8 Å². The van der Waals surface area contributed by atoms with Gasteiger partial charge in [-0.05, 0) is 47.9 Å². The van der Waals surface area contributed by atoms with Gasteiger partial charge in [0.2, 0.25) is 0 Å². The predicted molar refractivity (Wildman–Crippen MR) is 117 cm³/mol. The van der Waals surface area contributed by atoms with Gasteiger partial charge in [-0.2, -0.15) is 0 Å². The summed E-state index contributed by atoms with van der Waals surface area (Å²) in [4.78, 5) is 16.0.